The third-order valence-corrected chi connectivity index (χ3v) is 4.06. The average molecular weight is 178 g/mol. The molecule has 2 atom stereocenters. The van der Waals surface area contributed by atoms with E-state index in [0.717, 1.165) is 25.7 Å². The summed E-state index contributed by atoms with van der Waals surface area (Å²) >= 11 is 0. The van der Waals surface area contributed by atoms with E-state index in [1.807, 2.05) is 0 Å². The zero-order chi connectivity index (χ0) is 9.47. The summed E-state index contributed by atoms with van der Waals surface area (Å²) in [6, 6.07) is 0. The first-order chi connectivity index (χ1) is 6.18. The van der Waals surface area contributed by atoms with E-state index in [1.165, 1.54) is 12.0 Å². The fourth-order valence-corrected chi connectivity index (χ4v) is 3.26. The quantitative estimate of drug-likeness (QED) is 0.521. The van der Waals surface area contributed by atoms with Gasteiger partial charge in [-0.15, -0.1) is 0 Å². The topological polar surface area (TPSA) is 17.1 Å². The van der Waals surface area contributed by atoms with Crippen LogP contribution in [0, 0.1) is 11.3 Å². The number of fused-ring (bicyclic) bond motifs is 1. The zero-order valence-corrected chi connectivity index (χ0v) is 8.60. The van der Waals surface area contributed by atoms with Gasteiger partial charge in [-0.3, -0.25) is 4.79 Å². The Morgan fingerprint density at radius 1 is 1.46 bits per heavy atom. The summed E-state index contributed by atoms with van der Waals surface area (Å²) in [5.74, 6) is 0.873. The molecule has 0 radical (unpaired) electrons. The van der Waals surface area contributed by atoms with Gasteiger partial charge in [-0.1, -0.05) is 18.6 Å². The summed E-state index contributed by atoms with van der Waals surface area (Å²) in [5.41, 5.74) is 1.77. The number of rotatable bonds is 0. The highest BCUT2D eigenvalue weighted by Crippen LogP contribution is 2.53. The second kappa shape index (κ2) is 2.97. The molecule has 0 aromatic rings. The van der Waals surface area contributed by atoms with Crippen molar-refractivity contribution in [2.75, 3.05) is 0 Å². The molecule has 1 heteroatoms. The lowest BCUT2D eigenvalue weighted by Crippen LogP contribution is -2.33. The molecule has 0 aromatic carbocycles. The molecule has 13 heavy (non-hydrogen) atoms. The lowest BCUT2D eigenvalue weighted by Gasteiger charge is -2.36. The third kappa shape index (κ3) is 1.17. The van der Waals surface area contributed by atoms with E-state index in [4.69, 9.17) is 0 Å². The number of hydrogen-bond donors (Lipinski definition) is 0. The van der Waals surface area contributed by atoms with Gasteiger partial charge < -0.3 is 0 Å². The van der Waals surface area contributed by atoms with Crippen LogP contribution in [0.25, 0.3) is 0 Å². The highest BCUT2D eigenvalue weighted by molar-refractivity contribution is 5.83. The first-order valence-electron chi connectivity index (χ1n) is 5.37. The average Bonchev–Trinajstić information content (AvgIpc) is 2.43. The number of Topliss-reactive ketones (excluding diaryl/α,β-unsaturated/α-hetero) is 1. The van der Waals surface area contributed by atoms with Gasteiger partial charge in [0.05, 0.1) is 0 Å². The van der Waals surface area contributed by atoms with Crippen LogP contribution in [0.4, 0.5) is 0 Å². The SMILES string of the molecule is C/C=C1/CCC2C(=O)CCCC12C. The van der Waals surface area contributed by atoms with E-state index in [1.54, 1.807) is 0 Å². The normalized spacial score (nSPS) is 42.5. The lowest BCUT2D eigenvalue weighted by molar-refractivity contribution is -0.127. The maximum Gasteiger partial charge on any atom is 0.136 e. The van der Waals surface area contributed by atoms with Gasteiger partial charge >= 0.3 is 0 Å². The van der Waals surface area contributed by atoms with Gasteiger partial charge in [0.1, 0.15) is 5.78 Å². The van der Waals surface area contributed by atoms with Crippen molar-refractivity contribution in [2.45, 2.75) is 46.0 Å². The second-order valence-corrected chi connectivity index (χ2v) is 4.64. The van der Waals surface area contributed by atoms with Crippen LogP contribution < -0.4 is 0 Å². The predicted molar refractivity (Wildman–Crippen MR) is 53.4 cm³/mol. The molecule has 0 aromatic heterocycles. The summed E-state index contributed by atoms with van der Waals surface area (Å²) in [7, 11) is 0. The Hall–Kier alpha value is -0.590. The number of ketones is 1. The van der Waals surface area contributed by atoms with Crippen LogP contribution in [0.15, 0.2) is 11.6 Å². The van der Waals surface area contributed by atoms with Gasteiger partial charge in [0.2, 0.25) is 0 Å². The van der Waals surface area contributed by atoms with Crippen LogP contribution in [0.3, 0.4) is 0 Å². The Balaban J connectivity index is 2.34. The van der Waals surface area contributed by atoms with E-state index < -0.39 is 0 Å². The molecule has 2 saturated carbocycles. The van der Waals surface area contributed by atoms with E-state index in [0.29, 0.717) is 11.7 Å². The molecule has 0 bridgehead atoms. The van der Waals surface area contributed by atoms with Crippen molar-refractivity contribution in [1.82, 2.24) is 0 Å². The molecule has 0 heterocycles. The van der Waals surface area contributed by atoms with E-state index in [2.05, 4.69) is 19.9 Å². The molecule has 2 aliphatic carbocycles. The lowest BCUT2D eigenvalue weighted by atomic mass is 9.67. The number of hydrogen-bond acceptors (Lipinski definition) is 1. The largest absolute Gasteiger partial charge is 0.299 e. The highest BCUT2D eigenvalue weighted by Gasteiger charge is 2.47. The van der Waals surface area contributed by atoms with Crippen LogP contribution in [-0.2, 0) is 4.79 Å². The molecule has 72 valence electrons. The fourth-order valence-electron chi connectivity index (χ4n) is 3.26. The first-order valence-corrected chi connectivity index (χ1v) is 5.37. The molecule has 2 aliphatic rings. The molecule has 0 aliphatic heterocycles. The zero-order valence-electron chi connectivity index (χ0n) is 8.60. The maximum atomic E-state index is 11.7. The summed E-state index contributed by atoms with van der Waals surface area (Å²) in [4.78, 5) is 11.7. The molecule has 1 nitrogen and oxygen atoms in total. The number of carbonyl (C=O) groups is 1. The van der Waals surface area contributed by atoms with Crippen LogP contribution in [0.5, 0.6) is 0 Å². The van der Waals surface area contributed by atoms with Crippen molar-refractivity contribution in [2.24, 2.45) is 11.3 Å². The first kappa shape index (κ1) is 8.98. The van der Waals surface area contributed by atoms with Gasteiger partial charge in [-0.05, 0) is 38.0 Å². The summed E-state index contributed by atoms with van der Waals surface area (Å²) < 4.78 is 0. The van der Waals surface area contributed by atoms with Crippen molar-refractivity contribution in [1.29, 1.82) is 0 Å². The maximum absolute atomic E-state index is 11.7. The van der Waals surface area contributed by atoms with Crippen LogP contribution >= 0.6 is 0 Å². The summed E-state index contributed by atoms with van der Waals surface area (Å²) in [6.07, 6.45) is 7.65. The Bertz CT molecular complexity index is 264. The van der Waals surface area contributed by atoms with E-state index in [9.17, 15) is 4.79 Å². The molecule has 2 rings (SSSR count). The Morgan fingerprint density at radius 3 is 2.92 bits per heavy atom. The molecule has 0 spiro atoms. The third-order valence-electron chi connectivity index (χ3n) is 4.06. The molecule has 0 saturated heterocycles. The minimum Gasteiger partial charge on any atom is -0.299 e. The van der Waals surface area contributed by atoms with Gasteiger partial charge in [-0.25, -0.2) is 0 Å². The molecule has 0 amide bonds. The Kier molecular flexibility index (Phi) is 2.05. The molecule has 2 unspecified atom stereocenters. The highest BCUT2D eigenvalue weighted by atomic mass is 16.1. The predicted octanol–water partition coefficient (Wildman–Crippen LogP) is 3.10. The summed E-state index contributed by atoms with van der Waals surface area (Å²) in [5, 5.41) is 0. The molecular formula is C12H18O. The van der Waals surface area contributed by atoms with Gasteiger partial charge in [0, 0.05) is 12.3 Å². The minimum atomic E-state index is 0.240. The van der Waals surface area contributed by atoms with Crippen LogP contribution in [-0.4, -0.2) is 5.78 Å². The number of allylic oxidation sites excluding steroid dienone is 2. The minimum absolute atomic E-state index is 0.240. The van der Waals surface area contributed by atoms with Crippen molar-refractivity contribution in [3.8, 4) is 0 Å². The summed E-state index contributed by atoms with van der Waals surface area (Å²) in [6.45, 7) is 4.40. The van der Waals surface area contributed by atoms with Crippen molar-refractivity contribution >= 4 is 5.78 Å². The smallest absolute Gasteiger partial charge is 0.136 e. The van der Waals surface area contributed by atoms with Gasteiger partial charge in [-0.2, -0.15) is 0 Å². The van der Waals surface area contributed by atoms with E-state index in [-0.39, 0.29) is 5.41 Å². The van der Waals surface area contributed by atoms with Gasteiger partial charge in [0.15, 0.2) is 0 Å². The van der Waals surface area contributed by atoms with Crippen LogP contribution in [0.1, 0.15) is 46.0 Å². The monoisotopic (exact) mass is 178 g/mol. The van der Waals surface area contributed by atoms with Crippen LogP contribution in [0.2, 0.25) is 0 Å². The van der Waals surface area contributed by atoms with E-state index >= 15 is 0 Å². The molecule has 0 N–H and O–H groups in total. The van der Waals surface area contributed by atoms with Crippen molar-refractivity contribution in [3.63, 3.8) is 0 Å². The second-order valence-electron chi connectivity index (χ2n) is 4.64. The van der Waals surface area contributed by atoms with Crippen molar-refractivity contribution in [3.05, 3.63) is 11.6 Å². The molecular weight excluding hydrogens is 160 g/mol. The Labute approximate surface area is 80.2 Å². The molecule has 2 fully saturated rings. The fraction of sp³-hybridized carbons (Fsp3) is 0.750. The van der Waals surface area contributed by atoms with Crippen molar-refractivity contribution < 1.29 is 4.79 Å². The Morgan fingerprint density at radius 2 is 2.23 bits per heavy atom. The van der Waals surface area contributed by atoms with Gasteiger partial charge in [0.25, 0.3) is 0 Å². The number of carbonyl (C=O) groups excluding carboxylic acids is 1. The standard InChI is InChI=1S/C12H18O/c1-3-9-6-7-10-11(13)5-4-8-12(9,10)2/h3,10H,4-8H2,1-2H3/b9-3-.